The number of hydrogen-bond donors (Lipinski definition) is 2. The highest BCUT2D eigenvalue weighted by Crippen LogP contribution is 2.11. The molecule has 1 rings (SSSR count). The maximum Gasteiger partial charge on any atom is 0.278 e. The smallest absolute Gasteiger partial charge is 0.202 e. The summed E-state index contributed by atoms with van der Waals surface area (Å²) in [5, 5.41) is 8.96. The van der Waals surface area contributed by atoms with Gasteiger partial charge in [-0.25, -0.2) is 4.72 Å². The SMILES string of the molecule is CCCNS(=O)(=O)NC(C#N)c1ccccc1. The van der Waals surface area contributed by atoms with Crippen LogP contribution in [-0.2, 0) is 10.2 Å². The first-order valence-electron chi connectivity index (χ1n) is 5.30. The molecule has 0 aliphatic carbocycles. The third kappa shape index (κ3) is 4.53. The van der Waals surface area contributed by atoms with Gasteiger partial charge in [0.1, 0.15) is 6.04 Å². The van der Waals surface area contributed by atoms with Crippen molar-refractivity contribution in [3.8, 4) is 6.07 Å². The van der Waals surface area contributed by atoms with E-state index >= 15 is 0 Å². The van der Waals surface area contributed by atoms with Gasteiger partial charge >= 0.3 is 0 Å². The van der Waals surface area contributed by atoms with Gasteiger partial charge < -0.3 is 0 Å². The van der Waals surface area contributed by atoms with E-state index in [0.29, 0.717) is 18.5 Å². The Bertz CT molecular complexity index is 479. The van der Waals surface area contributed by atoms with Crippen molar-refractivity contribution >= 4 is 10.2 Å². The van der Waals surface area contributed by atoms with Crippen molar-refractivity contribution in [2.24, 2.45) is 0 Å². The van der Waals surface area contributed by atoms with Crippen LogP contribution in [0, 0.1) is 11.3 Å². The second kappa shape index (κ2) is 6.35. The molecule has 0 bridgehead atoms. The van der Waals surface area contributed by atoms with E-state index in [1.165, 1.54) is 0 Å². The molecular weight excluding hydrogens is 238 g/mol. The fourth-order valence-electron chi connectivity index (χ4n) is 1.25. The highest BCUT2D eigenvalue weighted by molar-refractivity contribution is 7.87. The van der Waals surface area contributed by atoms with E-state index in [2.05, 4.69) is 9.44 Å². The van der Waals surface area contributed by atoms with Gasteiger partial charge in [-0.15, -0.1) is 0 Å². The molecule has 1 atom stereocenters. The van der Waals surface area contributed by atoms with Gasteiger partial charge in [0.05, 0.1) is 6.07 Å². The van der Waals surface area contributed by atoms with Crippen LogP contribution in [0.1, 0.15) is 24.9 Å². The highest BCUT2D eigenvalue weighted by Gasteiger charge is 2.17. The van der Waals surface area contributed by atoms with E-state index in [4.69, 9.17) is 5.26 Å². The molecule has 0 saturated carbocycles. The minimum atomic E-state index is -3.63. The molecule has 5 nitrogen and oxygen atoms in total. The zero-order chi connectivity index (χ0) is 12.7. The normalized spacial score (nSPS) is 12.9. The van der Waals surface area contributed by atoms with E-state index in [1.54, 1.807) is 24.3 Å². The lowest BCUT2D eigenvalue weighted by atomic mass is 10.1. The van der Waals surface area contributed by atoms with E-state index in [0.717, 1.165) is 0 Å². The zero-order valence-corrected chi connectivity index (χ0v) is 10.4. The second-order valence-electron chi connectivity index (χ2n) is 3.49. The first kappa shape index (κ1) is 13.6. The molecule has 0 aliphatic heterocycles. The monoisotopic (exact) mass is 253 g/mol. The lowest BCUT2D eigenvalue weighted by molar-refractivity contribution is 0.559. The third-order valence-corrected chi connectivity index (χ3v) is 3.21. The average molecular weight is 253 g/mol. The number of nitrogens with one attached hydrogen (secondary N) is 2. The van der Waals surface area contributed by atoms with Crippen LogP contribution in [0.5, 0.6) is 0 Å². The van der Waals surface area contributed by atoms with Crippen LogP contribution in [0.2, 0.25) is 0 Å². The maximum absolute atomic E-state index is 11.6. The standard InChI is InChI=1S/C11H15N3O2S/c1-2-8-13-17(15,16)14-11(9-12)10-6-4-3-5-7-10/h3-7,11,13-14H,2,8H2,1H3. The van der Waals surface area contributed by atoms with Crippen molar-refractivity contribution < 1.29 is 8.42 Å². The summed E-state index contributed by atoms with van der Waals surface area (Å²) in [6.07, 6.45) is 0.698. The Kier molecular flexibility index (Phi) is 5.10. The Morgan fingerprint density at radius 3 is 2.53 bits per heavy atom. The molecule has 0 heterocycles. The highest BCUT2D eigenvalue weighted by atomic mass is 32.2. The van der Waals surface area contributed by atoms with Crippen molar-refractivity contribution in [1.82, 2.24) is 9.44 Å². The Morgan fingerprint density at radius 1 is 1.35 bits per heavy atom. The zero-order valence-electron chi connectivity index (χ0n) is 9.55. The number of hydrogen-bond acceptors (Lipinski definition) is 3. The summed E-state index contributed by atoms with van der Waals surface area (Å²) in [5.74, 6) is 0. The Hall–Kier alpha value is -1.42. The molecular formula is C11H15N3O2S. The summed E-state index contributed by atoms with van der Waals surface area (Å²) in [4.78, 5) is 0. The van der Waals surface area contributed by atoms with Crippen molar-refractivity contribution in [1.29, 1.82) is 5.26 Å². The molecule has 0 saturated heterocycles. The summed E-state index contributed by atoms with van der Waals surface area (Å²) in [5.41, 5.74) is 0.622. The molecule has 92 valence electrons. The molecule has 6 heteroatoms. The van der Waals surface area contributed by atoms with Crippen LogP contribution >= 0.6 is 0 Å². The van der Waals surface area contributed by atoms with Gasteiger partial charge in [-0.3, -0.25) is 0 Å². The predicted octanol–water partition coefficient (Wildman–Crippen LogP) is 1.09. The van der Waals surface area contributed by atoms with Crippen molar-refractivity contribution in [3.05, 3.63) is 35.9 Å². The Labute approximate surface area is 102 Å². The van der Waals surface area contributed by atoms with Crippen LogP contribution in [-0.4, -0.2) is 15.0 Å². The largest absolute Gasteiger partial charge is 0.278 e. The molecule has 1 aromatic rings. The summed E-state index contributed by atoms with van der Waals surface area (Å²) in [6.45, 7) is 2.21. The Morgan fingerprint density at radius 2 is 2.00 bits per heavy atom. The van der Waals surface area contributed by atoms with Gasteiger partial charge in [0.2, 0.25) is 0 Å². The van der Waals surface area contributed by atoms with Crippen LogP contribution in [0.4, 0.5) is 0 Å². The number of benzene rings is 1. The van der Waals surface area contributed by atoms with E-state index in [1.807, 2.05) is 19.1 Å². The first-order valence-corrected chi connectivity index (χ1v) is 6.79. The van der Waals surface area contributed by atoms with Crippen LogP contribution < -0.4 is 9.44 Å². The van der Waals surface area contributed by atoms with E-state index in [-0.39, 0.29) is 0 Å². The van der Waals surface area contributed by atoms with Crippen molar-refractivity contribution in [2.75, 3.05) is 6.54 Å². The molecule has 1 unspecified atom stereocenters. The Balaban J connectivity index is 2.75. The summed E-state index contributed by atoms with van der Waals surface area (Å²) < 4.78 is 27.8. The molecule has 0 fully saturated rings. The fourth-order valence-corrected chi connectivity index (χ4v) is 2.30. The van der Waals surface area contributed by atoms with Crippen LogP contribution in [0.15, 0.2) is 30.3 Å². The molecule has 0 aromatic heterocycles. The number of nitrogens with zero attached hydrogens (tertiary/aromatic N) is 1. The number of nitriles is 1. The van der Waals surface area contributed by atoms with Gasteiger partial charge in [-0.1, -0.05) is 37.3 Å². The van der Waals surface area contributed by atoms with Gasteiger partial charge in [-0.2, -0.15) is 18.4 Å². The predicted molar refractivity (Wildman–Crippen MR) is 65.1 cm³/mol. The summed E-state index contributed by atoms with van der Waals surface area (Å²) in [7, 11) is -3.63. The van der Waals surface area contributed by atoms with Gasteiger partial charge in [0.25, 0.3) is 10.2 Å². The molecule has 1 aromatic carbocycles. The molecule has 0 amide bonds. The second-order valence-corrected chi connectivity index (χ2v) is 5.02. The van der Waals surface area contributed by atoms with E-state index < -0.39 is 16.3 Å². The van der Waals surface area contributed by atoms with Gasteiger partial charge in [0, 0.05) is 6.54 Å². The van der Waals surface area contributed by atoms with Crippen LogP contribution in [0.3, 0.4) is 0 Å². The first-order chi connectivity index (χ1) is 8.09. The topological polar surface area (TPSA) is 82.0 Å². The molecule has 0 radical (unpaired) electrons. The molecule has 0 spiro atoms. The minimum Gasteiger partial charge on any atom is -0.202 e. The number of rotatable bonds is 6. The molecule has 17 heavy (non-hydrogen) atoms. The van der Waals surface area contributed by atoms with Crippen molar-refractivity contribution in [3.63, 3.8) is 0 Å². The molecule has 0 aliphatic rings. The minimum absolute atomic E-state index is 0.349. The van der Waals surface area contributed by atoms with E-state index in [9.17, 15) is 8.42 Å². The van der Waals surface area contributed by atoms with Gasteiger partial charge in [-0.05, 0) is 12.0 Å². The quantitative estimate of drug-likeness (QED) is 0.796. The maximum atomic E-state index is 11.6. The third-order valence-electron chi connectivity index (χ3n) is 2.08. The fraction of sp³-hybridized carbons (Fsp3) is 0.364. The summed E-state index contributed by atoms with van der Waals surface area (Å²) in [6, 6.07) is 9.78. The lowest BCUT2D eigenvalue weighted by Gasteiger charge is -2.12. The summed E-state index contributed by atoms with van der Waals surface area (Å²) >= 11 is 0. The van der Waals surface area contributed by atoms with Gasteiger partial charge in [0.15, 0.2) is 0 Å². The molecule has 2 N–H and O–H groups in total. The van der Waals surface area contributed by atoms with Crippen molar-refractivity contribution in [2.45, 2.75) is 19.4 Å². The lowest BCUT2D eigenvalue weighted by Crippen LogP contribution is -2.38. The van der Waals surface area contributed by atoms with Crippen LogP contribution in [0.25, 0.3) is 0 Å². The average Bonchev–Trinajstić information content (AvgIpc) is 2.35.